The lowest BCUT2D eigenvalue weighted by Gasteiger charge is -2.13. The molecule has 2 N–H and O–H groups in total. The van der Waals surface area contributed by atoms with E-state index in [2.05, 4.69) is 10.7 Å². The lowest BCUT2D eigenvalue weighted by molar-refractivity contribution is -0.118. The molecule has 0 aliphatic carbocycles. The zero-order valence-corrected chi connectivity index (χ0v) is 19.5. The molecule has 1 saturated heterocycles. The fraction of sp³-hybridized carbons (Fsp3) is 0.0741. The maximum Gasteiger partial charge on any atom is 0.282 e. The molecule has 0 bridgehead atoms. The second-order valence-corrected chi connectivity index (χ2v) is 8.57. The zero-order valence-electron chi connectivity index (χ0n) is 18.8. The number of rotatable bonds is 5. The number of benzene rings is 3. The van der Waals surface area contributed by atoms with Gasteiger partial charge in [0.15, 0.2) is 0 Å². The molecule has 174 valence electrons. The van der Waals surface area contributed by atoms with Crippen LogP contribution in [0.2, 0.25) is 5.02 Å². The van der Waals surface area contributed by atoms with Crippen molar-refractivity contribution < 1.29 is 14.4 Å². The van der Waals surface area contributed by atoms with Gasteiger partial charge in [-0.3, -0.25) is 19.8 Å². The summed E-state index contributed by atoms with van der Waals surface area (Å²) in [5.74, 6) is -1.12. The summed E-state index contributed by atoms with van der Waals surface area (Å²) in [6.45, 7) is 1.93. The van der Waals surface area contributed by atoms with E-state index in [-0.39, 0.29) is 18.0 Å². The molecule has 2 heterocycles. The first-order valence-electron chi connectivity index (χ1n) is 11.0. The minimum atomic E-state index is -0.476. The van der Waals surface area contributed by atoms with Crippen LogP contribution in [0.3, 0.4) is 0 Å². The lowest BCUT2D eigenvalue weighted by Crippen LogP contribution is -2.35. The van der Waals surface area contributed by atoms with Crippen LogP contribution in [0.4, 0.5) is 11.4 Å². The van der Waals surface area contributed by atoms with E-state index < -0.39 is 11.8 Å². The third-order valence-electron chi connectivity index (χ3n) is 5.90. The van der Waals surface area contributed by atoms with Crippen LogP contribution in [0.1, 0.15) is 11.3 Å². The summed E-state index contributed by atoms with van der Waals surface area (Å²) in [6.07, 6.45) is 1.60. The van der Waals surface area contributed by atoms with Gasteiger partial charge in [-0.2, -0.15) is 0 Å². The average molecular weight is 485 g/mol. The van der Waals surface area contributed by atoms with Gasteiger partial charge in [0.1, 0.15) is 12.1 Å². The van der Waals surface area contributed by atoms with Gasteiger partial charge >= 0.3 is 0 Å². The first-order chi connectivity index (χ1) is 16.9. The molecule has 1 aliphatic rings. The Kier molecular flexibility index (Phi) is 5.84. The van der Waals surface area contributed by atoms with Gasteiger partial charge in [-0.15, -0.1) is 0 Å². The fourth-order valence-electron chi connectivity index (χ4n) is 4.18. The van der Waals surface area contributed by atoms with Crippen LogP contribution in [0.5, 0.6) is 0 Å². The van der Waals surface area contributed by atoms with Crippen LogP contribution in [0, 0.1) is 6.92 Å². The predicted octanol–water partition coefficient (Wildman–Crippen LogP) is 4.70. The molecule has 3 aromatic carbocycles. The Balaban J connectivity index is 1.49. The van der Waals surface area contributed by atoms with E-state index in [1.165, 1.54) is 5.01 Å². The predicted molar refractivity (Wildman–Crippen MR) is 137 cm³/mol. The molecule has 7 nitrogen and oxygen atoms in total. The summed E-state index contributed by atoms with van der Waals surface area (Å²) in [5, 5.41) is 5.54. The molecule has 4 aromatic rings. The van der Waals surface area contributed by atoms with Crippen LogP contribution in [0.25, 0.3) is 17.0 Å². The van der Waals surface area contributed by atoms with E-state index in [0.717, 1.165) is 16.6 Å². The second kappa shape index (κ2) is 9.12. The summed E-state index contributed by atoms with van der Waals surface area (Å²) in [6, 6.07) is 23.4. The molecule has 5 rings (SSSR count). The number of amides is 3. The molecular weight excluding hydrogens is 464 g/mol. The van der Waals surface area contributed by atoms with Crippen molar-refractivity contribution >= 4 is 57.7 Å². The average Bonchev–Trinajstić information content (AvgIpc) is 3.29. The molecule has 0 spiro atoms. The van der Waals surface area contributed by atoms with E-state index in [9.17, 15) is 14.4 Å². The Labute approximate surface area is 206 Å². The molecule has 1 aliphatic heterocycles. The fourth-order valence-corrected chi connectivity index (χ4v) is 4.31. The van der Waals surface area contributed by atoms with Crippen molar-refractivity contribution in [2.45, 2.75) is 13.5 Å². The third kappa shape index (κ3) is 4.29. The number of nitrogens with one attached hydrogen (secondary N) is 2. The molecule has 0 saturated carbocycles. The highest BCUT2D eigenvalue weighted by Crippen LogP contribution is 2.30. The molecule has 0 unspecified atom stereocenters. The van der Waals surface area contributed by atoms with Gasteiger partial charge in [-0.05, 0) is 55.5 Å². The number of para-hydroxylation sites is 2. The Morgan fingerprint density at radius 2 is 1.66 bits per heavy atom. The smallest absolute Gasteiger partial charge is 0.282 e. The van der Waals surface area contributed by atoms with E-state index in [1.807, 2.05) is 41.8 Å². The van der Waals surface area contributed by atoms with Crippen molar-refractivity contribution in [3.05, 3.63) is 101 Å². The largest absolute Gasteiger partial charge is 0.335 e. The normalized spacial score (nSPS) is 14.6. The summed E-state index contributed by atoms with van der Waals surface area (Å²) >= 11 is 5.92. The summed E-state index contributed by atoms with van der Waals surface area (Å²) < 4.78 is 1.87. The van der Waals surface area contributed by atoms with E-state index in [0.29, 0.717) is 22.0 Å². The maximum absolute atomic E-state index is 13.1. The number of anilines is 2. The monoisotopic (exact) mass is 484 g/mol. The Bertz CT molecular complexity index is 1490. The maximum atomic E-state index is 13.1. The highest BCUT2D eigenvalue weighted by atomic mass is 35.5. The number of carbonyl (C=O) groups excluding carboxylic acids is 3. The quantitative estimate of drug-likeness (QED) is 0.318. The van der Waals surface area contributed by atoms with Crippen molar-refractivity contribution in [2.24, 2.45) is 0 Å². The topological polar surface area (TPSA) is 83.4 Å². The molecule has 1 aromatic heterocycles. The number of hydrogen-bond donors (Lipinski definition) is 2. The first-order valence-corrected chi connectivity index (χ1v) is 11.4. The van der Waals surface area contributed by atoms with Crippen molar-refractivity contribution in [3.8, 4) is 0 Å². The standard InChI is InChI=1S/C27H21ClN4O3/c1-17-22(15-23-26(34)30-32(27(23)35)20-7-3-2-4-8-20)21-9-5-6-10-24(21)31(17)16-25(33)29-19-13-11-18(28)12-14-19/h2-15H,16H2,1H3,(H,29,33)(H,30,34). The van der Waals surface area contributed by atoms with E-state index in [4.69, 9.17) is 11.6 Å². The van der Waals surface area contributed by atoms with Crippen molar-refractivity contribution in [1.29, 1.82) is 0 Å². The summed E-state index contributed by atoms with van der Waals surface area (Å²) in [5.41, 5.74) is 6.19. The van der Waals surface area contributed by atoms with Gasteiger partial charge in [-0.25, -0.2) is 5.01 Å². The number of carbonyl (C=O) groups is 3. The minimum absolute atomic E-state index is 0.0328. The molecule has 0 radical (unpaired) electrons. The van der Waals surface area contributed by atoms with Crippen LogP contribution in [-0.4, -0.2) is 22.3 Å². The highest BCUT2D eigenvalue weighted by molar-refractivity contribution is 6.32. The number of halogens is 1. The molecule has 0 atom stereocenters. The first kappa shape index (κ1) is 22.4. The van der Waals surface area contributed by atoms with Crippen molar-refractivity contribution in [1.82, 2.24) is 9.99 Å². The molecule has 35 heavy (non-hydrogen) atoms. The van der Waals surface area contributed by atoms with Crippen LogP contribution in [-0.2, 0) is 20.9 Å². The number of hydrogen-bond acceptors (Lipinski definition) is 3. The molecule has 8 heteroatoms. The number of hydrazine groups is 1. The molecule has 3 amide bonds. The number of fused-ring (bicyclic) bond motifs is 1. The van der Waals surface area contributed by atoms with Crippen LogP contribution < -0.4 is 15.8 Å². The Hall–Kier alpha value is -4.36. The van der Waals surface area contributed by atoms with Crippen LogP contribution >= 0.6 is 11.6 Å². The Morgan fingerprint density at radius 3 is 2.40 bits per heavy atom. The number of nitrogens with zero attached hydrogens (tertiary/aromatic N) is 2. The SMILES string of the molecule is Cc1c(C=C2C(=O)NN(c3ccccc3)C2=O)c2ccccc2n1CC(=O)Nc1ccc(Cl)cc1. The van der Waals surface area contributed by atoms with Gasteiger partial charge < -0.3 is 9.88 Å². The number of aromatic nitrogens is 1. The van der Waals surface area contributed by atoms with Crippen molar-refractivity contribution in [2.75, 3.05) is 10.3 Å². The van der Waals surface area contributed by atoms with Gasteiger partial charge in [0, 0.05) is 32.9 Å². The van der Waals surface area contributed by atoms with E-state index in [1.54, 1.807) is 54.6 Å². The summed E-state index contributed by atoms with van der Waals surface area (Å²) in [4.78, 5) is 38.6. The van der Waals surface area contributed by atoms with Gasteiger partial charge in [0.2, 0.25) is 5.91 Å². The zero-order chi connectivity index (χ0) is 24.5. The van der Waals surface area contributed by atoms with E-state index >= 15 is 0 Å². The summed E-state index contributed by atoms with van der Waals surface area (Å²) in [7, 11) is 0. The molecular formula is C27H21ClN4O3. The van der Waals surface area contributed by atoms with Crippen LogP contribution in [0.15, 0.2) is 84.4 Å². The van der Waals surface area contributed by atoms with Gasteiger partial charge in [-0.1, -0.05) is 48.0 Å². The molecule has 1 fully saturated rings. The third-order valence-corrected chi connectivity index (χ3v) is 6.16. The van der Waals surface area contributed by atoms with Gasteiger partial charge in [0.05, 0.1) is 5.69 Å². The van der Waals surface area contributed by atoms with Gasteiger partial charge in [0.25, 0.3) is 11.8 Å². The minimum Gasteiger partial charge on any atom is -0.335 e. The highest BCUT2D eigenvalue weighted by Gasteiger charge is 2.35. The van der Waals surface area contributed by atoms with Crippen molar-refractivity contribution in [3.63, 3.8) is 0 Å². The Morgan fingerprint density at radius 1 is 0.971 bits per heavy atom. The second-order valence-electron chi connectivity index (χ2n) is 8.13. The lowest BCUT2D eigenvalue weighted by atomic mass is 10.1.